The first-order chi connectivity index (χ1) is 7.80. The van der Waals surface area contributed by atoms with Gasteiger partial charge in [0.25, 0.3) is 0 Å². The summed E-state index contributed by atoms with van der Waals surface area (Å²) >= 11 is 0. The molecule has 0 spiro atoms. The van der Waals surface area contributed by atoms with E-state index < -0.39 is 10.2 Å². The van der Waals surface area contributed by atoms with Crippen LogP contribution in [0.25, 0.3) is 0 Å². The van der Waals surface area contributed by atoms with Crippen LogP contribution in [0.15, 0.2) is 23.1 Å². The van der Waals surface area contributed by atoms with Crippen molar-refractivity contribution in [2.75, 3.05) is 4.90 Å². The third-order valence-corrected chi connectivity index (χ3v) is 3.70. The number of hydrogen-bond acceptors (Lipinski definition) is 3. The molecule has 92 valence electrons. The van der Waals surface area contributed by atoms with E-state index in [0.29, 0.717) is 17.7 Å². The second-order valence-electron chi connectivity index (χ2n) is 4.17. The Labute approximate surface area is 99.3 Å². The molecule has 0 N–H and O–H groups in total. The lowest BCUT2D eigenvalue weighted by atomic mass is 10.1. The van der Waals surface area contributed by atoms with Crippen molar-refractivity contribution in [2.45, 2.75) is 31.2 Å². The van der Waals surface area contributed by atoms with Crippen LogP contribution in [0.1, 0.15) is 19.4 Å². The first-order valence-corrected chi connectivity index (χ1v) is 6.56. The maximum atomic E-state index is 12.8. The third kappa shape index (κ3) is 2.04. The molecule has 1 aliphatic heterocycles. The van der Waals surface area contributed by atoms with E-state index >= 15 is 0 Å². The molecule has 0 saturated carbocycles. The van der Waals surface area contributed by atoms with Crippen LogP contribution in [0.3, 0.4) is 0 Å². The van der Waals surface area contributed by atoms with Crippen molar-refractivity contribution in [1.29, 1.82) is 0 Å². The number of halogens is 1. The van der Waals surface area contributed by atoms with Crippen molar-refractivity contribution >= 4 is 21.8 Å². The van der Waals surface area contributed by atoms with Gasteiger partial charge in [-0.25, -0.2) is 0 Å². The normalized spacial score (nSPS) is 19.2. The molecule has 1 atom stereocenters. The minimum absolute atomic E-state index is 0.0277. The van der Waals surface area contributed by atoms with E-state index in [1.165, 1.54) is 25.1 Å². The molecule has 1 aromatic rings. The number of benzene rings is 1. The first kappa shape index (κ1) is 12.0. The van der Waals surface area contributed by atoms with Crippen molar-refractivity contribution in [2.24, 2.45) is 0 Å². The van der Waals surface area contributed by atoms with Gasteiger partial charge in [0.05, 0.1) is 4.90 Å². The largest absolute Gasteiger partial charge is 0.332 e. The van der Waals surface area contributed by atoms with Crippen LogP contribution in [-0.2, 0) is 21.4 Å². The Hall–Kier alpha value is -1.43. The molecule has 0 unspecified atom stereocenters. The molecule has 17 heavy (non-hydrogen) atoms. The second kappa shape index (κ2) is 3.80. The van der Waals surface area contributed by atoms with Crippen LogP contribution < -0.4 is 4.90 Å². The molecule has 0 saturated heterocycles. The highest BCUT2D eigenvalue weighted by Gasteiger charge is 2.30. The van der Waals surface area contributed by atoms with Gasteiger partial charge in [0.15, 0.2) is 0 Å². The highest BCUT2D eigenvalue weighted by molar-refractivity contribution is 7.86. The smallest absolute Gasteiger partial charge is 0.309 e. The third-order valence-electron chi connectivity index (χ3n) is 2.89. The Morgan fingerprint density at radius 2 is 2.12 bits per heavy atom. The summed E-state index contributed by atoms with van der Waals surface area (Å²) in [5, 5.41) is 0. The molecule has 1 heterocycles. The average molecular weight is 257 g/mol. The monoisotopic (exact) mass is 257 g/mol. The molecule has 0 aromatic heterocycles. The fourth-order valence-corrected chi connectivity index (χ4v) is 2.75. The van der Waals surface area contributed by atoms with Crippen molar-refractivity contribution in [3.05, 3.63) is 23.8 Å². The van der Waals surface area contributed by atoms with Crippen LogP contribution in [-0.4, -0.2) is 20.4 Å². The van der Waals surface area contributed by atoms with E-state index in [1.54, 1.807) is 4.90 Å². The molecule has 1 aromatic carbocycles. The number of hydrogen-bond donors (Lipinski definition) is 0. The first-order valence-electron chi connectivity index (χ1n) is 5.18. The molecule has 1 aliphatic rings. The maximum absolute atomic E-state index is 12.8. The van der Waals surface area contributed by atoms with E-state index in [4.69, 9.17) is 0 Å². The van der Waals surface area contributed by atoms with Crippen LogP contribution in [0.5, 0.6) is 0 Å². The van der Waals surface area contributed by atoms with Gasteiger partial charge in [-0.15, -0.1) is 3.89 Å². The van der Waals surface area contributed by atoms with Crippen molar-refractivity contribution in [1.82, 2.24) is 0 Å². The Balaban J connectivity index is 2.52. The minimum Gasteiger partial charge on any atom is -0.309 e. The summed E-state index contributed by atoms with van der Waals surface area (Å²) in [7, 11) is -4.68. The summed E-state index contributed by atoms with van der Waals surface area (Å²) in [4.78, 5) is 12.7. The topological polar surface area (TPSA) is 54.5 Å². The van der Waals surface area contributed by atoms with E-state index in [1.807, 2.05) is 6.92 Å². The summed E-state index contributed by atoms with van der Waals surface area (Å²) in [6.07, 6.45) is 0.540. The molecule has 6 heteroatoms. The van der Waals surface area contributed by atoms with Gasteiger partial charge in [0, 0.05) is 18.7 Å². The fraction of sp³-hybridized carbons (Fsp3) is 0.364. The highest BCUT2D eigenvalue weighted by Crippen LogP contribution is 2.34. The van der Waals surface area contributed by atoms with E-state index in [0.717, 1.165) is 0 Å². The lowest BCUT2D eigenvalue weighted by molar-refractivity contribution is -0.116. The van der Waals surface area contributed by atoms with Crippen molar-refractivity contribution < 1.29 is 17.1 Å². The van der Waals surface area contributed by atoms with Gasteiger partial charge in [-0.2, -0.15) is 8.42 Å². The summed E-state index contributed by atoms with van der Waals surface area (Å²) in [6, 6.07) is 3.93. The summed E-state index contributed by atoms with van der Waals surface area (Å²) in [5.41, 5.74) is 1.35. The predicted molar refractivity (Wildman–Crippen MR) is 61.1 cm³/mol. The number of rotatable bonds is 1. The molecule has 2 rings (SSSR count). The zero-order valence-electron chi connectivity index (χ0n) is 9.47. The zero-order valence-corrected chi connectivity index (χ0v) is 10.3. The van der Waals surface area contributed by atoms with E-state index in [2.05, 4.69) is 0 Å². The Bertz CT molecular complexity index is 582. The molecule has 1 amide bonds. The van der Waals surface area contributed by atoms with Crippen molar-refractivity contribution in [3.8, 4) is 0 Å². The Kier molecular flexibility index (Phi) is 2.69. The lowest BCUT2D eigenvalue weighted by Gasteiger charge is -2.20. The van der Waals surface area contributed by atoms with Crippen LogP contribution in [0.4, 0.5) is 9.57 Å². The molecular weight excluding hydrogens is 245 g/mol. The number of carbonyl (C=O) groups is 1. The van der Waals surface area contributed by atoms with E-state index in [9.17, 15) is 17.1 Å². The number of fused-ring (bicyclic) bond motifs is 1. The van der Waals surface area contributed by atoms with Gasteiger partial charge in [0.1, 0.15) is 0 Å². The van der Waals surface area contributed by atoms with Gasteiger partial charge in [-0.05, 0) is 37.1 Å². The highest BCUT2D eigenvalue weighted by atomic mass is 32.3. The summed E-state index contributed by atoms with van der Waals surface area (Å²) < 4.78 is 34.4. The Morgan fingerprint density at radius 3 is 2.65 bits per heavy atom. The number of amides is 1. The van der Waals surface area contributed by atoms with Gasteiger partial charge in [-0.3, -0.25) is 4.79 Å². The van der Waals surface area contributed by atoms with Crippen LogP contribution in [0, 0.1) is 0 Å². The van der Waals surface area contributed by atoms with Crippen LogP contribution in [0.2, 0.25) is 0 Å². The summed E-state index contributed by atoms with van der Waals surface area (Å²) in [5.74, 6) is -0.105. The van der Waals surface area contributed by atoms with Crippen molar-refractivity contribution in [3.63, 3.8) is 0 Å². The van der Waals surface area contributed by atoms with Crippen LogP contribution >= 0.6 is 0 Å². The molecule has 0 bridgehead atoms. The zero-order chi connectivity index (χ0) is 12.8. The number of nitrogens with zero attached hydrogens (tertiary/aromatic N) is 1. The summed E-state index contributed by atoms with van der Waals surface area (Å²) in [6.45, 7) is 3.32. The van der Waals surface area contributed by atoms with E-state index in [-0.39, 0.29) is 16.8 Å². The fourth-order valence-electron chi connectivity index (χ4n) is 2.24. The average Bonchev–Trinajstić information content (AvgIpc) is 2.50. The van der Waals surface area contributed by atoms with Gasteiger partial charge < -0.3 is 4.90 Å². The lowest BCUT2D eigenvalue weighted by Crippen LogP contribution is -2.33. The predicted octanol–water partition coefficient (Wildman–Crippen LogP) is 1.64. The standard InChI is InChI=1S/C11H12FNO3S/c1-7-5-9-6-10(17(12,15)16)3-4-11(9)13(7)8(2)14/h3-4,6-7H,5H2,1-2H3/t7-/m0/s1. The minimum atomic E-state index is -4.68. The number of carbonyl (C=O) groups excluding carboxylic acids is 1. The molecule has 0 fully saturated rings. The Morgan fingerprint density at radius 1 is 1.47 bits per heavy atom. The van der Waals surface area contributed by atoms with Gasteiger partial charge in [-0.1, -0.05) is 0 Å². The maximum Gasteiger partial charge on any atom is 0.332 e. The molecule has 4 nitrogen and oxygen atoms in total. The SMILES string of the molecule is CC(=O)N1c2ccc(S(=O)(=O)F)cc2C[C@@H]1C. The van der Waals surface area contributed by atoms with Gasteiger partial charge in [0.2, 0.25) is 5.91 Å². The molecule has 0 radical (unpaired) electrons. The second-order valence-corrected chi connectivity index (χ2v) is 5.52. The number of anilines is 1. The molecular formula is C11H12FNO3S. The molecule has 0 aliphatic carbocycles. The van der Waals surface area contributed by atoms with Gasteiger partial charge >= 0.3 is 10.2 Å². The quantitative estimate of drug-likeness (QED) is 0.719.